The van der Waals surface area contributed by atoms with E-state index in [-0.39, 0.29) is 28.0 Å². The first-order valence-electron chi connectivity index (χ1n) is 6.30. The molecule has 7 nitrogen and oxygen atoms in total. The average molecular weight is 361 g/mol. The van der Waals surface area contributed by atoms with Gasteiger partial charge >= 0.3 is 0 Å². The molecule has 0 aliphatic carbocycles. The van der Waals surface area contributed by atoms with Crippen LogP contribution in [0.1, 0.15) is 20.8 Å². The maximum atomic E-state index is 12.0. The highest BCUT2D eigenvalue weighted by molar-refractivity contribution is 7.99. The van der Waals surface area contributed by atoms with E-state index in [0.717, 1.165) is 0 Å². The summed E-state index contributed by atoms with van der Waals surface area (Å²) in [5.74, 6) is 0.147. The van der Waals surface area contributed by atoms with Gasteiger partial charge in [-0.15, -0.1) is 5.10 Å². The standard InChI is InChI=1S/C12H14Cl2N6OS/c1-12(2,3)20-11(17-18-19-20)22-6-9(21)16-10-8(14)4-7(13)5-15-10/h4-5H,6H2,1-3H3,(H,15,16,21). The number of anilines is 1. The predicted molar refractivity (Wildman–Crippen MR) is 86.4 cm³/mol. The van der Waals surface area contributed by atoms with Crippen LogP contribution in [0.4, 0.5) is 5.82 Å². The van der Waals surface area contributed by atoms with Gasteiger partial charge in [0.05, 0.1) is 21.3 Å². The van der Waals surface area contributed by atoms with Crippen LogP contribution in [0.15, 0.2) is 17.4 Å². The first-order chi connectivity index (χ1) is 10.3. The van der Waals surface area contributed by atoms with Crippen molar-refractivity contribution in [3.63, 3.8) is 0 Å². The van der Waals surface area contributed by atoms with Gasteiger partial charge in [0.2, 0.25) is 11.1 Å². The lowest BCUT2D eigenvalue weighted by atomic mass is 10.1. The molecule has 0 aliphatic rings. The van der Waals surface area contributed by atoms with Crippen molar-refractivity contribution >= 4 is 46.7 Å². The molecule has 2 rings (SSSR count). The number of tetrazole rings is 1. The molecule has 0 aliphatic heterocycles. The zero-order valence-corrected chi connectivity index (χ0v) is 14.5. The molecule has 0 fully saturated rings. The average Bonchev–Trinajstić information content (AvgIpc) is 2.88. The summed E-state index contributed by atoms with van der Waals surface area (Å²) in [7, 11) is 0. The van der Waals surface area contributed by atoms with Crippen molar-refractivity contribution in [2.24, 2.45) is 0 Å². The van der Waals surface area contributed by atoms with E-state index < -0.39 is 0 Å². The van der Waals surface area contributed by atoms with Gasteiger partial charge in [-0.2, -0.15) is 0 Å². The molecule has 0 atom stereocenters. The number of halogens is 2. The lowest BCUT2D eigenvalue weighted by molar-refractivity contribution is -0.113. The van der Waals surface area contributed by atoms with Gasteiger partial charge in [0, 0.05) is 6.20 Å². The number of hydrogen-bond donors (Lipinski definition) is 1. The van der Waals surface area contributed by atoms with E-state index in [9.17, 15) is 4.79 Å². The maximum absolute atomic E-state index is 12.0. The first kappa shape index (κ1) is 17.0. The number of amides is 1. The van der Waals surface area contributed by atoms with E-state index in [0.29, 0.717) is 10.2 Å². The zero-order valence-electron chi connectivity index (χ0n) is 12.2. The third-order valence-corrected chi connectivity index (χ3v) is 3.89. The summed E-state index contributed by atoms with van der Waals surface area (Å²) < 4.78 is 1.67. The Kier molecular flexibility index (Phi) is 5.25. The second-order valence-electron chi connectivity index (χ2n) is 5.36. The Morgan fingerprint density at radius 1 is 1.41 bits per heavy atom. The van der Waals surface area contributed by atoms with Gasteiger partial charge in [-0.3, -0.25) is 4.79 Å². The normalized spacial score (nSPS) is 11.5. The summed E-state index contributed by atoms with van der Waals surface area (Å²) in [6.07, 6.45) is 1.41. The second-order valence-corrected chi connectivity index (χ2v) is 7.15. The van der Waals surface area contributed by atoms with Crippen LogP contribution >= 0.6 is 35.0 Å². The lowest BCUT2D eigenvalue weighted by Gasteiger charge is -2.19. The van der Waals surface area contributed by atoms with Crippen LogP contribution < -0.4 is 5.32 Å². The number of hydrogen-bond acceptors (Lipinski definition) is 6. The van der Waals surface area contributed by atoms with Gasteiger partial charge in [0.15, 0.2) is 5.82 Å². The van der Waals surface area contributed by atoms with Gasteiger partial charge in [-0.25, -0.2) is 9.67 Å². The number of pyridine rings is 1. The fourth-order valence-corrected chi connectivity index (χ4v) is 2.78. The summed E-state index contributed by atoms with van der Waals surface area (Å²) in [4.78, 5) is 15.9. The molecule has 1 N–H and O–H groups in total. The molecule has 0 radical (unpaired) electrons. The van der Waals surface area contributed by atoms with Crippen molar-refractivity contribution in [2.45, 2.75) is 31.5 Å². The molecule has 0 unspecified atom stereocenters. The number of carbonyl (C=O) groups excluding carboxylic acids is 1. The fraction of sp³-hybridized carbons (Fsp3) is 0.417. The van der Waals surface area contributed by atoms with Crippen molar-refractivity contribution < 1.29 is 4.79 Å². The monoisotopic (exact) mass is 360 g/mol. The van der Waals surface area contributed by atoms with E-state index in [4.69, 9.17) is 23.2 Å². The van der Waals surface area contributed by atoms with E-state index in [1.165, 1.54) is 24.0 Å². The smallest absolute Gasteiger partial charge is 0.236 e. The van der Waals surface area contributed by atoms with Gasteiger partial charge in [-0.05, 0) is 37.3 Å². The highest BCUT2D eigenvalue weighted by Crippen LogP contribution is 2.24. The lowest BCUT2D eigenvalue weighted by Crippen LogP contribution is -2.24. The molecule has 2 heterocycles. The van der Waals surface area contributed by atoms with E-state index in [1.807, 2.05) is 20.8 Å². The maximum Gasteiger partial charge on any atom is 0.236 e. The van der Waals surface area contributed by atoms with Crippen molar-refractivity contribution in [1.82, 2.24) is 25.2 Å². The highest BCUT2D eigenvalue weighted by Gasteiger charge is 2.20. The van der Waals surface area contributed by atoms with E-state index >= 15 is 0 Å². The van der Waals surface area contributed by atoms with Crippen molar-refractivity contribution in [3.05, 3.63) is 22.3 Å². The number of rotatable bonds is 4. The molecule has 0 spiro atoms. The Morgan fingerprint density at radius 2 is 2.14 bits per heavy atom. The number of nitrogens with zero attached hydrogens (tertiary/aromatic N) is 5. The zero-order chi connectivity index (χ0) is 16.3. The van der Waals surface area contributed by atoms with Gasteiger partial charge in [0.1, 0.15) is 0 Å². The molecule has 2 aromatic rings. The van der Waals surface area contributed by atoms with Crippen LogP contribution in [-0.4, -0.2) is 36.9 Å². The summed E-state index contributed by atoms with van der Waals surface area (Å²) in [5, 5.41) is 15.4. The summed E-state index contributed by atoms with van der Waals surface area (Å²) in [6.45, 7) is 5.93. The number of nitrogens with one attached hydrogen (secondary N) is 1. The Bertz CT molecular complexity index is 684. The van der Waals surface area contributed by atoms with Crippen LogP contribution in [0, 0.1) is 0 Å². The SMILES string of the molecule is CC(C)(C)n1nnnc1SCC(=O)Nc1ncc(Cl)cc1Cl. The number of aromatic nitrogens is 5. The molecule has 1 amide bonds. The van der Waals surface area contributed by atoms with Crippen molar-refractivity contribution in [2.75, 3.05) is 11.1 Å². The third kappa shape index (κ3) is 4.31. The highest BCUT2D eigenvalue weighted by atomic mass is 35.5. The van der Waals surface area contributed by atoms with E-state index in [1.54, 1.807) is 4.68 Å². The Hall–Kier alpha value is -1.38. The molecule has 0 bridgehead atoms. The minimum absolute atomic E-state index is 0.136. The molecule has 0 saturated heterocycles. The summed E-state index contributed by atoms with van der Waals surface area (Å²) in [5.41, 5.74) is -0.261. The number of thioether (sulfide) groups is 1. The van der Waals surface area contributed by atoms with Crippen LogP contribution in [0.25, 0.3) is 0 Å². The quantitative estimate of drug-likeness (QED) is 0.843. The Morgan fingerprint density at radius 3 is 2.77 bits per heavy atom. The third-order valence-electron chi connectivity index (χ3n) is 2.47. The first-order valence-corrected chi connectivity index (χ1v) is 8.04. The van der Waals surface area contributed by atoms with Crippen molar-refractivity contribution in [1.29, 1.82) is 0 Å². The minimum atomic E-state index is -0.261. The van der Waals surface area contributed by atoms with Gasteiger partial charge < -0.3 is 5.32 Å². The molecular weight excluding hydrogens is 347 g/mol. The Balaban J connectivity index is 1.98. The minimum Gasteiger partial charge on any atom is -0.309 e. The molecule has 0 aromatic carbocycles. The largest absolute Gasteiger partial charge is 0.309 e. The van der Waals surface area contributed by atoms with Crippen LogP contribution in [-0.2, 0) is 10.3 Å². The topological polar surface area (TPSA) is 85.6 Å². The molecule has 0 saturated carbocycles. The van der Waals surface area contributed by atoms with Crippen LogP contribution in [0.5, 0.6) is 0 Å². The fourth-order valence-electron chi connectivity index (χ4n) is 1.49. The van der Waals surface area contributed by atoms with Crippen LogP contribution in [0.3, 0.4) is 0 Å². The van der Waals surface area contributed by atoms with Gasteiger partial charge in [-0.1, -0.05) is 35.0 Å². The summed E-state index contributed by atoms with van der Waals surface area (Å²) in [6, 6.07) is 1.51. The second kappa shape index (κ2) is 6.80. The van der Waals surface area contributed by atoms with Gasteiger partial charge in [0.25, 0.3) is 0 Å². The molecular formula is C12H14Cl2N6OS. The predicted octanol–water partition coefficient (Wildman–Crippen LogP) is 2.86. The molecule has 118 valence electrons. The van der Waals surface area contributed by atoms with Crippen molar-refractivity contribution in [3.8, 4) is 0 Å². The number of carbonyl (C=O) groups is 1. The Labute approximate surface area is 141 Å². The molecule has 10 heteroatoms. The molecule has 2 aromatic heterocycles. The van der Waals surface area contributed by atoms with Crippen LogP contribution in [0.2, 0.25) is 10.0 Å². The molecule has 22 heavy (non-hydrogen) atoms. The van der Waals surface area contributed by atoms with E-state index in [2.05, 4.69) is 25.8 Å². The summed E-state index contributed by atoms with van der Waals surface area (Å²) >= 11 is 12.9.